The van der Waals surface area contributed by atoms with Crippen LogP contribution in [0.15, 0.2) is 30.5 Å². The molecule has 1 unspecified atom stereocenters. The van der Waals surface area contributed by atoms with E-state index in [1.54, 1.807) is 17.0 Å². The molecule has 0 spiro atoms. The largest absolute Gasteiger partial charge is 0.348 e. The molecule has 2 heterocycles. The lowest BCUT2D eigenvalue weighted by Crippen LogP contribution is -2.29. The number of carbonyl (C=O) groups excluding carboxylic acids is 1. The van der Waals surface area contributed by atoms with Gasteiger partial charge in [0.2, 0.25) is 16.0 Å². The van der Waals surface area contributed by atoms with Crippen molar-refractivity contribution < 1.29 is 13.2 Å². The number of sulfonamides is 1. The van der Waals surface area contributed by atoms with Gasteiger partial charge in [0.25, 0.3) is 5.91 Å². The number of amides is 1. The number of hydrogen-bond donors (Lipinski definition) is 1. The van der Waals surface area contributed by atoms with Gasteiger partial charge in [-0.05, 0) is 24.1 Å². The Morgan fingerprint density at radius 1 is 1.31 bits per heavy atom. The van der Waals surface area contributed by atoms with E-state index >= 15 is 0 Å². The summed E-state index contributed by atoms with van der Waals surface area (Å²) in [5, 5.41) is 3.51. The molecule has 0 saturated carbocycles. The summed E-state index contributed by atoms with van der Waals surface area (Å²) in [7, 11) is 0.348. The van der Waals surface area contributed by atoms with Gasteiger partial charge in [-0.3, -0.25) is 4.79 Å². The second-order valence-corrected chi connectivity index (χ2v) is 9.70. The monoisotopic (exact) mass is 437 g/mol. The van der Waals surface area contributed by atoms with Gasteiger partial charge in [-0.15, -0.1) is 0 Å². The fourth-order valence-electron chi connectivity index (χ4n) is 3.22. The Labute approximate surface area is 176 Å². The maximum atomic E-state index is 12.9. The first-order valence-electron chi connectivity index (χ1n) is 9.17. The first-order chi connectivity index (χ1) is 13.6. The Morgan fingerprint density at radius 2 is 2.00 bits per heavy atom. The van der Waals surface area contributed by atoms with Crippen LogP contribution >= 0.6 is 11.6 Å². The molecule has 1 aromatic carbocycles. The van der Waals surface area contributed by atoms with Gasteiger partial charge in [-0.25, -0.2) is 22.7 Å². The molecule has 1 atom stereocenters. The highest BCUT2D eigenvalue weighted by Crippen LogP contribution is 2.30. The first-order valence-corrected chi connectivity index (χ1v) is 11.4. The second kappa shape index (κ2) is 8.64. The minimum atomic E-state index is -3.28. The Kier molecular flexibility index (Phi) is 6.40. The Bertz CT molecular complexity index is 995. The van der Waals surface area contributed by atoms with Gasteiger partial charge in [0.05, 0.1) is 17.5 Å². The molecule has 1 aromatic heterocycles. The Hall–Kier alpha value is -2.23. The summed E-state index contributed by atoms with van der Waals surface area (Å²) in [6.45, 7) is 1.06. The van der Waals surface area contributed by atoms with Crippen molar-refractivity contribution in [2.24, 2.45) is 0 Å². The zero-order chi connectivity index (χ0) is 21.2. The molecule has 156 valence electrons. The van der Waals surface area contributed by atoms with Crippen LogP contribution in [0.2, 0.25) is 5.02 Å². The molecule has 0 radical (unpaired) electrons. The van der Waals surface area contributed by atoms with Gasteiger partial charge >= 0.3 is 0 Å². The van der Waals surface area contributed by atoms with Crippen molar-refractivity contribution in [2.45, 2.75) is 18.9 Å². The van der Waals surface area contributed by atoms with E-state index < -0.39 is 10.0 Å². The van der Waals surface area contributed by atoms with Crippen molar-refractivity contribution in [2.75, 3.05) is 38.3 Å². The zero-order valence-electron chi connectivity index (χ0n) is 16.6. The summed E-state index contributed by atoms with van der Waals surface area (Å²) in [5.74, 6) is 0.0211. The summed E-state index contributed by atoms with van der Waals surface area (Å²) in [5.41, 5.74) is 1.85. The molecular formula is C19H24ClN5O3S. The zero-order valence-corrected chi connectivity index (χ0v) is 18.2. The molecule has 1 aliphatic heterocycles. The molecule has 1 saturated heterocycles. The topological polar surface area (TPSA) is 95.5 Å². The van der Waals surface area contributed by atoms with E-state index in [1.165, 1.54) is 16.8 Å². The lowest BCUT2D eigenvalue weighted by atomic mass is 10.00. The van der Waals surface area contributed by atoms with Crippen LogP contribution in [0.25, 0.3) is 0 Å². The molecule has 2 aromatic rings. The van der Waals surface area contributed by atoms with Crippen molar-refractivity contribution in [3.63, 3.8) is 0 Å². The number of rotatable bonds is 6. The molecule has 8 nitrogen and oxygen atoms in total. The molecule has 1 amide bonds. The summed E-state index contributed by atoms with van der Waals surface area (Å²) < 4.78 is 25.2. The molecule has 3 rings (SSSR count). The van der Waals surface area contributed by atoms with Crippen LogP contribution < -0.4 is 10.2 Å². The third-order valence-corrected chi connectivity index (χ3v) is 6.34. The highest BCUT2D eigenvalue weighted by Gasteiger charge is 2.33. The van der Waals surface area contributed by atoms with E-state index in [4.69, 9.17) is 11.6 Å². The van der Waals surface area contributed by atoms with E-state index in [2.05, 4.69) is 15.3 Å². The van der Waals surface area contributed by atoms with Crippen LogP contribution in [0.3, 0.4) is 0 Å². The van der Waals surface area contributed by atoms with Crippen LogP contribution in [-0.4, -0.2) is 62.0 Å². The van der Waals surface area contributed by atoms with Gasteiger partial charge in [0.1, 0.15) is 0 Å². The summed E-state index contributed by atoms with van der Waals surface area (Å²) in [6, 6.07) is 7.22. The maximum Gasteiger partial charge on any atom is 0.254 e. The lowest BCUT2D eigenvalue weighted by Gasteiger charge is -2.18. The van der Waals surface area contributed by atoms with E-state index in [9.17, 15) is 13.2 Å². The quantitative estimate of drug-likeness (QED) is 0.741. The van der Waals surface area contributed by atoms with E-state index in [1.807, 2.05) is 26.2 Å². The minimum absolute atomic E-state index is 0.164. The van der Waals surface area contributed by atoms with Crippen LogP contribution in [-0.2, 0) is 16.6 Å². The van der Waals surface area contributed by atoms with Crippen molar-refractivity contribution in [1.29, 1.82) is 0 Å². The SMILES string of the molecule is CN(C)c1ncc(C(=O)NCc2ccc(Cl)cc2)c(C2CCN(S(C)(=O)=O)C2)n1. The molecule has 0 bridgehead atoms. The number of aromatic nitrogens is 2. The highest BCUT2D eigenvalue weighted by atomic mass is 35.5. The second-order valence-electron chi connectivity index (χ2n) is 7.28. The number of halogens is 1. The fourth-order valence-corrected chi connectivity index (χ4v) is 4.23. The van der Waals surface area contributed by atoms with E-state index in [-0.39, 0.29) is 11.8 Å². The number of anilines is 1. The maximum absolute atomic E-state index is 12.9. The van der Waals surface area contributed by atoms with Crippen molar-refractivity contribution >= 4 is 33.5 Å². The molecule has 1 aliphatic rings. The average molecular weight is 438 g/mol. The number of hydrogen-bond acceptors (Lipinski definition) is 6. The van der Waals surface area contributed by atoms with Gasteiger partial charge < -0.3 is 10.2 Å². The molecular weight excluding hydrogens is 414 g/mol. The number of nitrogens with one attached hydrogen (secondary N) is 1. The minimum Gasteiger partial charge on any atom is -0.348 e. The molecule has 10 heteroatoms. The predicted molar refractivity (Wildman–Crippen MR) is 113 cm³/mol. The number of carbonyl (C=O) groups is 1. The van der Waals surface area contributed by atoms with Crippen molar-refractivity contribution in [1.82, 2.24) is 19.6 Å². The molecule has 1 N–H and O–H groups in total. The fraction of sp³-hybridized carbons (Fsp3) is 0.421. The van der Waals surface area contributed by atoms with E-state index in [0.717, 1.165) is 5.56 Å². The van der Waals surface area contributed by atoms with Crippen molar-refractivity contribution in [3.8, 4) is 0 Å². The summed E-state index contributed by atoms with van der Waals surface area (Å²) >= 11 is 5.89. The molecule has 0 aliphatic carbocycles. The van der Waals surface area contributed by atoms with Gasteiger partial charge in [-0.1, -0.05) is 23.7 Å². The Morgan fingerprint density at radius 3 is 2.59 bits per heavy atom. The van der Waals surface area contributed by atoms with Crippen LogP contribution in [0, 0.1) is 0 Å². The van der Waals surface area contributed by atoms with Gasteiger partial charge in [0, 0.05) is 50.9 Å². The highest BCUT2D eigenvalue weighted by molar-refractivity contribution is 7.88. The predicted octanol–water partition coefficient (Wildman–Crippen LogP) is 1.87. The van der Waals surface area contributed by atoms with Crippen LogP contribution in [0.5, 0.6) is 0 Å². The number of benzene rings is 1. The summed E-state index contributed by atoms with van der Waals surface area (Å²) in [4.78, 5) is 23.5. The number of nitrogens with zero attached hydrogens (tertiary/aromatic N) is 4. The molecule has 1 fully saturated rings. The van der Waals surface area contributed by atoms with Gasteiger partial charge in [0.15, 0.2) is 0 Å². The molecule has 29 heavy (non-hydrogen) atoms. The first kappa shape index (κ1) is 21.5. The Balaban J connectivity index is 1.83. The van der Waals surface area contributed by atoms with Crippen molar-refractivity contribution in [3.05, 3.63) is 52.3 Å². The van der Waals surface area contributed by atoms with Gasteiger partial charge in [-0.2, -0.15) is 0 Å². The summed E-state index contributed by atoms with van der Waals surface area (Å²) in [6.07, 6.45) is 3.31. The van der Waals surface area contributed by atoms with Crippen LogP contribution in [0.4, 0.5) is 5.95 Å². The third-order valence-electron chi connectivity index (χ3n) is 4.82. The average Bonchev–Trinajstić information content (AvgIpc) is 3.17. The third kappa shape index (κ3) is 5.23. The standard InChI is InChI=1S/C19H24ClN5O3S/c1-24(2)19-22-11-16(18(26)21-10-13-4-6-15(20)7-5-13)17(23-19)14-8-9-25(12-14)29(3,27)28/h4-7,11,14H,8-10,12H2,1-3H3,(H,21,26). The normalized spacial score (nSPS) is 17.3. The lowest BCUT2D eigenvalue weighted by molar-refractivity contribution is 0.0948. The van der Waals surface area contributed by atoms with E-state index in [0.29, 0.717) is 48.3 Å². The van der Waals surface area contributed by atoms with Crippen LogP contribution in [0.1, 0.15) is 34.0 Å². The smallest absolute Gasteiger partial charge is 0.254 e.